The maximum atomic E-state index is 12.1. The number of carbonyl (C=O) groups excluding carboxylic acids is 2. The number of rotatable bonds is 5. The van der Waals surface area contributed by atoms with E-state index in [1.165, 1.54) is 12.6 Å². The van der Waals surface area contributed by atoms with Crippen LogP contribution in [0.4, 0.5) is 0 Å². The minimum atomic E-state index is -0.625. The van der Waals surface area contributed by atoms with E-state index in [9.17, 15) is 9.59 Å². The highest BCUT2D eigenvalue weighted by Gasteiger charge is 2.18. The lowest BCUT2D eigenvalue weighted by Crippen LogP contribution is -2.28. The second kappa shape index (κ2) is 7.09. The van der Waals surface area contributed by atoms with Crippen molar-refractivity contribution in [1.82, 2.24) is 5.32 Å². The predicted molar refractivity (Wildman–Crippen MR) is 89.8 cm³/mol. The highest BCUT2D eigenvalue weighted by Crippen LogP contribution is 2.24. The molecule has 2 rings (SSSR count). The smallest absolute Gasteiger partial charge is 0.292 e. The number of hydrogen-bond donors (Lipinski definition) is 1. The van der Waals surface area contributed by atoms with Crippen LogP contribution >= 0.6 is 0 Å². The minimum Gasteiger partial charge on any atom is -0.489 e. The van der Waals surface area contributed by atoms with Crippen molar-refractivity contribution in [2.45, 2.75) is 27.4 Å². The number of ether oxygens (including phenoxy) is 1. The van der Waals surface area contributed by atoms with Crippen LogP contribution in [0.25, 0.3) is 0 Å². The molecule has 1 amide bonds. The molecule has 0 heterocycles. The molecule has 0 spiro atoms. The van der Waals surface area contributed by atoms with Crippen LogP contribution in [-0.4, -0.2) is 18.7 Å². The van der Waals surface area contributed by atoms with E-state index in [0.717, 1.165) is 16.9 Å². The van der Waals surface area contributed by atoms with E-state index in [4.69, 9.17) is 4.74 Å². The molecule has 4 heteroatoms. The largest absolute Gasteiger partial charge is 0.489 e. The van der Waals surface area contributed by atoms with Gasteiger partial charge in [-0.1, -0.05) is 30.3 Å². The molecule has 4 nitrogen and oxygen atoms in total. The molecular weight excluding hydrogens is 290 g/mol. The fourth-order valence-electron chi connectivity index (χ4n) is 2.35. The first-order chi connectivity index (χ1) is 10.9. The van der Waals surface area contributed by atoms with Crippen molar-refractivity contribution in [3.8, 4) is 5.75 Å². The lowest BCUT2D eigenvalue weighted by Gasteiger charge is -2.13. The average Bonchev–Trinajstić information content (AvgIpc) is 2.55. The SMILES string of the molecule is CNC(=O)C(=O)c1ccccc1COc1cc(C)c(C)cc1C. The summed E-state index contributed by atoms with van der Waals surface area (Å²) in [7, 11) is 1.44. The van der Waals surface area contributed by atoms with Gasteiger partial charge < -0.3 is 10.1 Å². The van der Waals surface area contributed by atoms with Gasteiger partial charge in [-0.25, -0.2) is 0 Å². The van der Waals surface area contributed by atoms with Crippen molar-refractivity contribution in [2.75, 3.05) is 7.05 Å². The number of hydrogen-bond acceptors (Lipinski definition) is 3. The van der Waals surface area contributed by atoms with Crippen molar-refractivity contribution < 1.29 is 14.3 Å². The molecule has 0 atom stereocenters. The Labute approximate surface area is 136 Å². The summed E-state index contributed by atoms with van der Waals surface area (Å²) in [6, 6.07) is 11.1. The number of nitrogens with one attached hydrogen (secondary N) is 1. The van der Waals surface area contributed by atoms with Crippen LogP contribution in [0.1, 0.15) is 32.6 Å². The van der Waals surface area contributed by atoms with Crippen LogP contribution in [0.2, 0.25) is 0 Å². The number of aryl methyl sites for hydroxylation is 3. The lowest BCUT2D eigenvalue weighted by atomic mass is 10.0. The van der Waals surface area contributed by atoms with Crippen molar-refractivity contribution in [2.24, 2.45) is 0 Å². The third kappa shape index (κ3) is 3.77. The van der Waals surface area contributed by atoms with Gasteiger partial charge in [0.2, 0.25) is 0 Å². The van der Waals surface area contributed by atoms with Crippen LogP contribution < -0.4 is 10.1 Å². The monoisotopic (exact) mass is 311 g/mol. The Morgan fingerprint density at radius 2 is 1.65 bits per heavy atom. The summed E-state index contributed by atoms with van der Waals surface area (Å²) in [5.41, 5.74) is 4.47. The van der Waals surface area contributed by atoms with Crippen LogP contribution in [0, 0.1) is 20.8 Å². The number of benzene rings is 2. The summed E-state index contributed by atoms with van der Waals surface area (Å²) in [6.07, 6.45) is 0. The first kappa shape index (κ1) is 16.7. The Balaban J connectivity index is 2.23. The molecule has 0 aliphatic rings. The van der Waals surface area contributed by atoms with Crippen molar-refractivity contribution in [3.05, 3.63) is 64.2 Å². The van der Waals surface area contributed by atoms with Crippen LogP contribution in [0.15, 0.2) is 36.4 Å². The molecular formula is C19H21NO3. The van der Waals surface area contributed by atoms with Gasteiger partial charge >= 0.3 is 0 Å². The third-order valence-corrected chi connectivity index (χ3v) is 3.87. The van der Waals surface area contributed by atoms with Gasteiger partial charge in [-0.2, -0.15) is 0 Å². The molecule has 0 unspecified atom stereocenters. The summed E-state index contributed by atoms with van der Waals surface area (Å²) in [4.78, 5) is 23.7. The van der Waals surface area contributed by atoms with Crippen molar-refractivity contribution >= 4 is 11.7 Å². The van der Waals surface area contributed by atoms with Gasteiger partial charge in [0.25, 0.3) is 11.7 Å². The summed E-state index contributed by atoms with van der Waals surface area (Å²) in [6.45, 7) is 6.32. The van der Waals surface area contributed by atoms with Crippen molar-refractivity contribution in [1.29, 1.82) is 0 Å². The summed E-state index contributed by atoms with van der Waals surface area (Å²) in [5, 5.41) is 2.36. The molecule has 0 fully saturated rings. The quantitative estimate of drug-likeness (QED) is 0.682. The molecule has 0 aromatic heterocycles. The first-order valence-electron chi connectivity index (χ1n) is 7.49. The Kier molecular flexibility index (Phi) is 5.16. The highest BCUT2D eigenvalue weighted by molar-refractivity contribution is 6.43. The fraction of sp³-hybridized carbons (Fsp3) is 0.263. The number of carbonyl (C=O) groups is 2. The fourth-order valence-corrected chi connectivity index (χ4v) is 2.35. The van der Waals surface area contributed by atoms with Crippen LogP contribution in [-0.2, 0) is 11.4 Å². The van der Waals surface area contributed by atoms with E-state index >= 15 is 0 Å². The Hall–Kier alpha value is -2.62. The molecule has 0 bridgehead atoms. The van der Waals surface area contributed by atoms with Gasteiger partial charge in [0.1, 0.15) is 12.4 Å². The van der Waals surface area contributed by atoms with Gasteiger partial charge in [-0.05, 0) is 43.5 Å². The molecule has 2 aromatic carbocycles. The second-order valence-corrected chi connectivity index (χ2v) is 5.56. The molecule has 0 aliphatic carbocycles. The van der Waals surface area contributed by atoms with Crippen LogP contribution in [0.5, 0.6) is 5.75 Å². The average molecular weight is 311 g/mol. The molecule has 120 valence electrons. The molecule has 1 N–H and O–H groups in total. The topological polar surface area (TPSA) is 55.4 Å². The van der Waals surface area contributed by atoms with E-state index in [2.05, 4.69) is 18.3 Å². The second-order valence-electron chi connectivity index (χ2n) is 5.56. The number of amides is 1. The minimum absolute atomic E-state index is 0.238. The maximum absolute atomic E-state index is 12.1. The zero-order valence-electron chi connectivity index (χ0n) is 13.9. The number of Topliss-reactive ketones (excluding diaryl/α,β-unsaturated/α-hetero) is 1. The summed E-state index contributed by atoms with van der Waals surface area (Å²) < 4.78 is 5.88. The van der Waals surface area contributed by atoms with Crippen molar-refractivity contribution in [3.63, 3.8) is 0 Å². The lowest BCUT2D eigenvalue weighted by molar-refractivity contribution is -0.116. The molecule has 23 heavy (non-hydrogen) atoms. The summed E-state index contributed by atoms with van der Waals surface area (Å²) in [5.74, 6) is -0.390. The normalized spacial score (nSPS) is 10.3. The Bertz CT molecular complexity index is 750. The standard InChI is InChI=1S/C19H21NO3/c1-12-9-14(3)17(10-13(12)2)23-11-15-7-5-6-8-16(15)18(21)19(22)20-4/h5-10H,11H2,1-4H3,(H,20,22). The molecule has 0 saturated heterocycles. The molecule has 0 radical (unpaired) electrons. The highest BCUT2D eigenvalue weighted by atomic mass is 16.5. The Morgan fingerprint density at radius 1 is 1.00 bits per heavy atom. The van der Waals surface area contributed by atoms with Crippen LogP contribution in [0.3, 0.4) is 0 Å². The summed E-state index contributed by atoms with van der Waals surface area (Å²) >= 11 is 0. The van der Waals surface area contributed by atoms with E-state index in [0.29, 0.717) is 11.1 Å². The van der Waals surface area contributed by atoms with Gasteiger partial charge in [0.15, 0.2) is 0 Å². The van der Waals surface area contributed by atoms with Gasteiger partial charge in [0, 0.05) is 18.2 Å². The van der Waals surface area contributed by atoms with Gasteiger partial charge in [-0.15, -0.1) is 0 Å². The zero-order valence-corrected chi connectivity index (χ0v) is 13.9. The number of likely N-dealkylation sites (N-methyl/N-ethyl adjacent to an activating group) is 1. The zero-order chi connectivity index (χ0) is 17.0. The van der Waals surface area contributed by atoms with E-state index in [1.54, 1.807) is 18.2 Å². The van der Waals surface area contributed by atoms with Gasteiger partial charge in [-0.3, -0.25) is 9.59 Å². The molecule has 0 aliphatic heterocycles. The van der Waals surface area contributed by atoms with E-state index < -0.39 is 11.7 Å². The van der Waals surface area contributed by atoms with Gasteiger partial charge in [0.05, 0.1) is 0 Å². The maximum Gasteiger partial charge on any atom is 0.292 e. The van der Waals surface area contributed by atoms with E-state index in [1.807, 2.05) is 26.0 Å². The first-order valence-corrected chi connectivity index (χ1v) is 7.49. The molecule has 0 saturated carbocycles. The number of ketones is 1. The third-order valence-electron chi connectivity index (χ3n) is 3.87. The van der Waals surface area contributed by atoms with E-state index in [-0.39, 0.29) is 6.61 Å². The molecule has 2 aromatic rings. The predicted octanol–water partition coefficient (Wildman–Crippen LogP) is 3.12. The Morgan fingerprint density at radius 3 is 2.35 bits per heavy atom.